The Hall–Kier alpha value is -2.44. The van der Waals surface area contributed by atoms with Crippen LogP contribution in [0.5, 0.6) is 0 Å². The molecule has 0 spiro atoms. The van der Waals surface area contributed by atoms with Crippen molar-refractivity contribution in [1.29, 1.82) is 0 Å². The van der Waals surface area contributed by atoms with E-state index in [-0.39, 0.29) is 0 Å². The summed E-state index contributed by atoms with van der Waals surface area (Å²) in [5.74, 6) is -1.34. The third-order valence-corrected chi connectivity index (χ3v) is 2.48. The summed E-state index contributed by atoms with van der Waals surface area (Å²) in [6.07, 6.45) is 3.85. The van der Waals surface area contributed by atoms with Crippen LogP contribution in [0.1, 0.15) is 23.1 Å². The second kappa shape index (κ2) is 4.44. The molecular weight excluding hydrogens is 236 g/mol. The molecule has 7 heteroatoms. The lowest BCUT2D eigenvalue weighted by Crippen LogP contribution is -2.20. The number of hydrogen-bond acceptors (Lipinski definition) is 4. The van der Waals surface area contributed by atoms with Gasteiger partial charge < -0.3 is 5.11 Å². The van der Waals surface area contributed by atoms with E-state index in [1.165, 1.54) is 16.9 Å². The zero-order valence-corrected chi connectivity index (χ0v) is 9.99. The fraction of sp³-hybridized carbons (Fsp3) is 0.273. The van der Waals surface area contributed by atoms with E-state index >= 15 is 0 Å². The van der Waals surface area contributed by atoms with Crippen LogP contribution in [0.3, 0.4) is 0 Å². The zero-order valence-electron chi connectivity index (χ0n) is 9.99. The number of carboxylic acids is 1. The molecule has 0 bridgehead atoms. The Bertz CT molecular complexity index is 657. The molecule has 0 aliphatic carbocycles. The summed E-state index contributed by atoms with van der Waals surface area (Å²) >= 11 is 0. The normalized spacial score (nSPS) is 10.6. The molecule has 0 saturated heterocycles. The zero-order chi connectivity index (χ0) is 13.3. The van der Waals surface area contributed by atoms with Crippen LogP contribution >= 0.6 is 0 Å². The molecule has 0 aliphatic heterocycles. The van der Waals surface area contributed by atoms with Crippen molar-refractivity contribution in [2.24, 2.45) is 7.05 Å². The summed E-state index contributed by atoms with van der Waals surface area (Å²) < 4.78 is 2.98. The molecule has 2 aromatic heterocycles. The first-order valence-corrected chi connectivity index (χ1v) is 5.39. The third kappa shape index (κ3) is 2.02. The standard InChI is InChI=1S/C11H12N4O3/c1-3-7-8(6-14(2)12-7)15-5-4-9(16)10(13-15)11(17)18/h4-6H,3H2,1-2H3,(H,17,18). The fourth-order valence-electron chi connectivity index (χ4n) is 1.66. The second-order valence-electron chi connectivity index (χ2n) is 3.77. The first-order valence-electron chi connectivity index (χ1n) is 5.39. The van der Waals surface area contributed by atoms with E-state index in [9.17, 15) is 9.59 Å². The quantitative estimate of drug-likeness (QED) is 0.839. The minimum absolute atomic E-state index is 0.497. The highest BCUT2D eigenvalue weighted by Gasteiger charge is 2.14. The lowest BCUT2D eigenvalue weighted by molar-refractivity contribution is 0.0687. The lowest BCUT2D eigenvalue weighted by atomic mass is 10.3. The molecule has 94 valence electrons. The highest BCUT2D eigenvalue weighted by Crippen LogP contribution is 2.11. The van der Waals surface area contributed by atoms with Crippen LogP contribution in [-0.2, 0) is 13.5 Å². The summed E-state index contributed by atoms with van der Waals surface area (Å²) in [5, 5.41) is 16.9. The van der Waals surface area contributed by atoms with Gasteiger partial charge in [0.25, 0.3) is 0 Å². The van der Waals surface area contributed by atoms with Crippen molar-refractivity contribution in [3.8, 4) is 5.69 Å². The topological polar surface area (TPSA) is 90.0 Å². The minimum Gasteiger partial charge on any atom is -0.476 e. The summed E-state index contributed by atoms with van der Waals surface area (Å²) in [7, 11) is 1.77. The Morgan fingerprint density at radius 3 is 2.78 bits per heavy atom. The summed E-state index contributed by atoms with van der Waals surface area (Å²) in [6.45, 7) is 1.94. The van der Waals surface area contributed by atoms with Gasteiger partial charge >= 0.3 is 5.97 Å². The maximum absolute atomic E-state index is 11.3. The van der Waals surface area contributed by atoms with Crippen LogP contribution in [0.2, 0.25) is 0 Å². The number of rotatable bonds is 3. The average molecular weight is 248 g/mol. The van der Waals surface area contributed by atoms with Crippen molar-refractivity contribution in [3.63, 3.8) is 0 Å². The largest absolute Gasteiger partial charge is 0.476 e. The monoisotopic (exact) mass is 248 g/mol. The number of aromatic carboxylic acids is 1. The van der Waals surface area contributed by atoms with Crippen LogP contribution in [-0.4, -0.2) is 30.6 Å². The number of carbonyl (C=O) groups is 1. The van der Waals surface area contributed by atoms with Gasteiger partial charge in [-0.25, -0.2) is 9.48 Å². The van der Waals surface area contributed by atoms with Crippen LogP contribution in [0, 0.1) is 0 Å². The summed E-state index contributed by atoms with van der Waals surface area (Å²) in [5.41, 5.74) is 0.344. The number of hydrogen-bond donors (Lipinski definition) is 1. The maximum atomic E-state index is 11.3. The molecule has 0 aromatic carbocycles. The van der Waals surface area contributed by atoms with Crippen molar-refractivity contribution in [1.82, 2.24) is 19.6 Å². The van der Waals surface area contributed by atoms with Gasteiger partial charge in [0, 0.05) is 19.3 Å². The Kier molecular flexibility index (Phi) is 2.97. The van der Waals surface area contributed by atoms with Gasteiger partial charge in [-0.05, 0) is 6.42 Å². The Balaban J connectivity index is 2.61. The van der Waals surface area contributed by atoms with Crippen molar-refractivity contribution in [2.45, 2.75) is 13.3 Å². The third-order valence-electron chi connectivity index (χ3n) is 2.48. The molecule has 0 amide bonds. The van der Waals surface area contributed by atoms with E-state index in [2.05, 4.69) is 10.2 Å². The van der Waals surface area contributed by atoms with E-state index < -0.39 is 17.1 Å². The van der Waals surface area contributed by atoms with Crippen molar-refractivity contribution < 1.29 is 9.90 Å². The first kappa shape index (κ1) is 12.0. The molecule has 0 radical (unpaired) electrons. The van der Waals surface area contributed by atoms with E-state index in [4.69, 9.17) is 5.11 Å². The lowest BCUT2D eigenvalue weighted by Gasteiger charge is -2.04. The van der Waals surface area contributed by atoms with E-state index in [1.54, 1.807) is 17.9 Å². The van der Waals surface area contributed by atoms with Gasteiger partial charge in [-0.1, -0.05) is 6.92 Å². The number of aryl methyl sites for hydroxylation is 2. The highest BCUT2D eigenvalue weighted by molar-refractivity contribution is 5.84. The number of aromatic nitrogens is 4. The predicted molar refractivity (Wildman–Crippen MR) is 62.9 cm³/mol. The van der Waals surface area contributed by atoms with Gasteiger partial charge in [-0.2, -0.15) is 10.2 Å². The molecular formula is C11H12N4O3. The van der Waals surface area contributed by atoms with Crippen LogP contribution in [0.25, 0.3) is 5.69 Å². The molecule has 2 aromatic rings. The number of nitrogens with zero attached hydrogens (tertiary/aromatic N) is 4. The summed E-state index contributed by atoms with van der Waals surface area (Å²) in [6, 6.07) is 1.18. The molecule has 1 N–H and O–H groups in total. The van der Waals surface area contributed by atoms with Crippen molar-refractivity contribution in [3.05, 3.63) is 40.1 Å². The van der Waals surface area contributed by atoms with E-state index in [0.29, 0.717) is 12.1 Å². The van der Waals surface area contributed by atoms with Gasteiger partial charge in [-0.15, -0.1) is 0 Å². The summed E-state index contributed by atoms with van der Waals surface area (Å²) in [4.78, 5) is 22.2. The second-order valence-corrected chi connectivity index (χ2v) is 3.77. The van der Waals surface area contributed by atoms with Crippen molar-refractivity contribution in [2.75, 3.05) is 0 Å². The SMILES string of the molecule is CCc1nn(C)cc1-n1ccc(=O)c(C(=O)O)n1. The fourth-order valence-corrected chi connectivity index (χ4v) is 1.66. The molecule has 2 heterocycles. The van der Waals surface area contributed by atoms with E-state index in [0.717, 1.165) is 5.69 Å². The minimum atomic E-state index is -1.34. The molecule has 0 aliphatic rings. The molecule has 0 saturated carbocycles. The Labute approximate surface area is 102 Å². The van der Waals surface area contributed by atoms with Gasteiger partial charge in [0.1, 0.15) is 5.69 Å². The van der Waals surface area contributed by atoms with Crippen LogP contribution in [0.4, 0.5) is 0 Å². The van der Waals surface area contributed by atoms with Crippen LogP contribution in [0.15, 0.2) is 23.3 Å². The van der Waals surface area contributed by atoms with Crippen molar-refractivity contribution >= 4 is 5.97 Å². The molecule has 0 fully saturated rings. The molecule has 0 atom stereocenters. The van der Waals surface area contributed by atoms with E-state index in [1.807, 2.05) is 6.92 Å². The predicted octanol–water partition coefficient (Wildman–Crippen LogP) is 0.227. The number of carboxylic acid groups (broad SMARTS) is 1. The molecule has 7 nitrogen and oxygen atoms in total. The Morgan fingerprint density at radius 1 is 1.44 bits per heavy atom. The van der Waals surface area contributed by atoms with Gasteiger partial charge in [0.05, 0.1) is 11.9 Å². The molecule has 18 heavy (non-hydrogen) atoms. The first-order chi connectivity index (χ1) is 8.52. The Morgan fingerprint density at radius 2 is 2.17 bits per heavy atom. The maximum Gasteiger partial charge on any atom is 0.360 e. The van der Waals surface area contributed by atoms with Gasteiger partial charge in [0.15, 0.2) is 0 Å². The van der Waals surface area contributed by atoms with Crippen LogP contribution < -0.4 is 5.43 Å². The highest BCUT2D eigenvalue weighted by atomic mass is 16.4. The van der Waals surface area contributed by atoms with Gasteiger partial charge in [-0.3, -0.25) is 9.48 Å². The van der Waals surface area contributed by atoms with Gasteiger partial charge in [0.2, 0.25) is 11.1 Å². The molecule has 2 rings (SSSR count). The molecule has 0 unspecified atom stereocenters. The average Bonchev–Trinajstić information content (AvgIpc) is 2.70. The smallest absolute Gasteiger partial charge is 0.360 e.